The van der Waals surface area contributed by atoms with Crippen molar-refractivity contribution in [1.82, 2.24) is 19.5 Å². The molecule has 4 rings (SSSR count). The van der Waals surface area contributed by atoms with E-state index in [1.807, 2.05) is 62.4 Å². The summed E-state index contributed by atoms with van der Waals surface area (Å²) in [7, 11) is 0. The van der Waals surface area contributed by atoms with Crippen LogP contribution in [-0.4, -0.2) is 19.5 Å². The first-order chi connectivity index (χ1) is 15.8. The fourth-order valence-electron chi connectivity index (χ4n) is 3.70. The molecule has 0 aliphatic heterocycles. The maximum atomic E-state index is 13.3. The zero-order valence-electron chi connectivity index (χ0n) is 19.7. The molecule has 0 bridgehead atoms. The van der Waals surface area contributed by atoms with Crippen LogP contribution in [0.25, 0.3) is 16.9 Å². The second-order valence-electron chi connectivity index (χ2n) is 8.51. The summed E-state index contributed by atoms with van der Waals surface area (Å²) in [6.45, 7) is 10.1. The van der Waals surface area contributed by atoms with Gasteiger partial charge in [0.1, 0.15) is 18.3 Å². The third-order valence-corrected chi connectivity index (χ3v) is 5.48. The molecule has 2 aromatic carbocycles. The van der Waals surface area contributed by atoms with Crippen molar-refractivity contribution in [3.63, 3.8) is 0 Å². The average molecular weight is 441 g/mol. The van der Waals surface area contributed by atoms with E-state index in [9.17, 15) is 4.79 Å². The number of aromatic nitrogens is 4. The first-order valence-electron chi connectivity index (χ1n) is 11.1. The monoisotopic (exact) mass is 440 g/mol. The van der Waals surface area contributed by atoms with Crippen molar-refractivity contribution >= 4 is 0 Å². The van der Waals surface area contributed by atoms with Crippen molar-refractivity contribution in [2.75, 3.05) is 0 Å². The number of hydrogen-bond donors (Lipinski definition) is 0. The molecule has 168 valence electrons. The highest BCUT2D eigenvalue weighted by atomic mass is 16.5. The molecule has 0 atom stereocenters. The van der Waals surface area contributed by atoms with Crippen LogP contribution in [0.4, 0.5) is 0 Å². The van der Waals surface area contributed by atoms with E-state index in [0.717, 1.165) is 33.9 Å². The van der Waals surface area contributed by atoms with Gasteiger partial charge in [0.25, 0.3) is 5.56 Å². The second-order valence-corrected chi connectivity index (χ2v) is 8.51. The van der Waals surface area contributed by atoms with E-state index < -0.39 is 0 Å². The predicted molar refractivity (Wildman–Crippen MR) is 130 cm³/mol. The van der Waals surface area contributed by atoms with Crippen LogP contribution >= 0.6 is 0 Å². The lowest BCUT2D eigenvalue weighted by molar-refractivity contribution is 0.289. The molecular weight excluding hydrogens is 412 g/mol. The topological polar surface area (TPSA) is 69.9 Å². The molecule has 4 aromatic rings. The lowest BCUT2D eigenvalue weighted by Crippen LogP contribution is -2.25. The third-order valence-electron chi connectivity index (χ3n) is 5.48. The minimum Gasteiger partial charge on any atom is -0.472 e. The SMILES string of the molecule is Cc1cccc(COc2nc(C)n(-c3cccc(-c4ccnc(C(C)C)n4)c3)c(=O)c2C)c1. The van der Waals surface area contributed by atoms with Crippen LogP contribution in [0.2, 0.25) is 0 Å². The lowest BCUT2D eigenvalue weighted by Gasteiger charge is -2.15. The lowest BCUT2D eigenvalue weighted by atomic mass is 10.1. The molecule has 6 heteroatoms. The number of aryl methyl sites for hydroxylation is 2. The third kappa shape index (κ3) is 4.85. The number of hydrogen-bond acceptors (Lipinski definition) is 5. The van der Waals surface area contributed by atoms with Crippen LogP contribution in [0.5, 0.6) is 5.88 Å². The van der Waals surface area contributed by atoms with Gasteiger partial charge in [0.15, 0.2) is 0 Å². The Kier molecular flexibility index (Phi) is 6.36. The van der Waals surface area contributed by atoms with Crippen LogP contribution < -0.4 is 10.3 Å². The quantitative estimate of drug-likeness (QED) is 0.406. The summed E-state index contributed by atoms with van der Waals surface area (Å²) in [6.07, 6.45) is 1.77. The standard InChI is InChI=1S/C27H28N4O2/c1-17(2)25-28-13-12-24(30-25)22-10-7-11-23(15-22)31-20(5)29-26(19(4)27(31)32)33-16-21-9-6-8-18(3)14-21/h6-15,17H,16H2,1-5H3. The Balaban J connectivity index is 1.67. The highest BCUT2D eigenvalue weighted by Crippen LogP contribution is 2.23. The summed E-state index contributed by atoms with van der Waals surface area (Å²) in [5, 5.41) is 0. The van der Waals surface area contributed by atoms with Gasteiger partial charge in [-0.2, -0.15) is 4.98 Å². The first-order valence-corrected chi connectivity index (χ1v) is 11.1. The van der Waals surface area contributed by atoms with Crippen LogP contribution in [0.1, 0.15) is 48.1 Å². The second kappa shape index (κ2) is 9.36. The summed E-state index contributed by atoms with van der Waals surface area (Å²) in [4.78, 5) is 26.9. The summed E-state index contributed by atoms with van der Waals surface area (Å²) < 4.78 is 7.53. The van der Waals surface area contributed by atoms with Gasteiger partial charge < -0.3 is 4.74 Å². The summed E-state index contributed by atoms with van der Waals surface area (Å²) in [6, 6.07) is 17.7. The average Bonchev–Trinajstić information content (AvgIpc) is 2.81. The van der Waals surface area contributed by atoms with Gasteiger partial charge >= 0.3 is 0 Å². The van der Waals surface area contributed by atoms with E-state index >= 15 is 0 Å². The molecule has 0 unspecified atom stereocenters. The first kappa shape index (κ1) is 22.4. The van der Waals surface area contributed by atoms with E-state index in [2.05, 4.69) is 34.9 Å². The molecule has 0 amide bonds. The maximum Gasteiger partial charge on any atom is 0.264 e. The Morgan fingerprint density at radius 3 is 2.52 bits per heavy atom. The van der Waals surface area contributed by atoms with Crippen molar-refractivity contribution in [1.29, 1.82) is 0 Å². The van der Waals surface area contributed by atoms with E-state index in [1.165, 1.54) is 0 Å². The van der Waals surface area contributed by atoms with Gasteiger partial charge in [0, 0.05) is 17.7 Å². The number of ether oxygens (including phenoxy) is 1. The summed E-state index contributed by atoms with van der Waals surface area (Å²) >= 11 is 0. The molecule has 6 nitrogen and oxygen atoms in total. The molecular formula is C27H28N4O2. The zero-order chi connectivity index (χ0) is 23.5. The van der Waals surface area contributed by atoms with Gasteiger partial charge in [-0.3, -0.25) is 9.36 Å². The number of nitrogens with zero attached hydrogens (tertiary/aromatic N) is 4. The summed E-state index contributed by atoms with van der Waals surface area (Å²) in [5.41, 5.74) is 5.00. The van der Waals surface area contributed by atoms with E-state index in [4.69, 9.17) is 4.74 Å². The van der Waals surface area contributed by atoms with E-state index in [0.29, 0.717) is 23.9 Å². The molecule has 0 saturated carbocycles. The normalized spacial score (nSPS) is 11.1. The Bertz CT molecular complexity index is 1360. The van der Waals surface area contributed by atoms with Gasteiger partial charge in [0.05, 0.1) is 16.9 Å². The highest BCUT2D eigenvalue weighted by Gasteiger charge is 2.15. The van der Waals surface area contributed by atoms with Gasteiger partial charge in [-0.25, -0.2) is 9.97 Å². The zero-order valence-corrected chi connectivity index (χ0v) is 19.7. The molecule has 0 radical (unpaired) electrons. The number of benzene rings is 2. The van der Waals surface area contributed by atoms with E-state index in [-0.39, 0.29) is 11.5 Å². The van der Waals surface area contributed by atoms with Gasteiger partial charge in [-0.05, 0) is 44.5 Å². The van der Waals surface area contributed by atoms with Crippen LogP contribution in [0.15, 0.2) is 65.6 Å². The Morgan fingerprint density at radius 2 is 1.76 bits per heavy atom. The van der Waals surface area contributed by atoms with Crippen molar-refractivity contribution in [2.24, 2.45) is 0 Å². The van der Waals surface area contributed by atoms with Crippen molar-refractivity contribution in [2.45, 2.75) is 47.1 Å². The van der Waals surface area contributed by atoms with Crippen LogP contribution in [-0.2, 0) is 6.61 Å². The Morgan fingerprint density at radius 1 is 0.970 bits per heavy atom. The van der Waals surface area contributed by atoms with Crippen molar-refractivity contribution < 1.29 is 4.74 Å². The predicted octanol–water partition coefficient (Wildman–Crippen LogP) is 5.32. The molecule has 0 fully saturated rings. The van der Waals surface area contributed by atoms with Crippen molar-refractivity contribution in [3.05, 3.63) is 99.5 Å². The van der Waals surface area contributed by atoms with Crippen molar-refractivity contribution in [3.8, 4) is 22.8 Å². The van der Waals surface area contributed by atoms with Crippen LogP contribution in [0, 0.1) is 20.8 Å². The van der Waals surface area contributed by atoms with Gasteiger partial charge in [0.2, 0.25) is 5.88 Å². The molecule has 0 aliphatic rings. The molecule has 2 aromatic heterocycles. The smallest absolute Gasteiger partial charge is 0.264 e. The fourth-order valence-corrected chi connectivity index (χ4v) is 3.70. The van der Waals surface area contributed by atoms with Gasteiger partial charge in [-0.1, -0.05) is 55.8 Å². The van der Waals surface area contributed by atoms with Crippen LogP contribution in [0.3, 0.4) is 0 Å². The fraction of sp³-hybridized carbons (Fsp3) is 0.259. The molecule has 33 heavy (non-hydrogen) atoms. The highest BCUT2D eigenvalue weighted by molar-refractivity contribution is 5.62. The minimum atomic E-state index is -0.149. The minimum absolute atomic E-state index is 0.149. The molecule has 2 heterocycles. The van der Waals surface area contributed by atoms with Gasteiger partial charge in [-0.15, -0.1) is 0 Å². The molecule has 0 saturated heterocycles. The molecule has 0 N–H and O–H groups in total. The maximum absolute atomic E-state index is 13.3. The number of rotatable bonds is 6. The Hall–Kier alpha value is -3.80. The largest absolute Gasteiger partial charge is 0.472 e. The summed E-state index contributed by atoms with van der Waals surface area (Å²) in [5.74, 6) is 1.95. The Labute approximate surface area is 194 Å². The van der Waals surface area contributed by atoms with E-state index in [1.54, 1.807) is 17.7 Å². The molecule has 0 aliphatic carbocycles. The molecule has 0 spiro atoms.